The molecule has 0 saturated heterocycles. The summed E-state index contributed by atoms with van der Waals surface area (Å²) in [7, 11) is 0. The topological polar surface area (TPSA) is 115 Å². The first-order chi connectivity index (χ1) is 16.4. The Bertz CT molecular complexity index is 1110. The number of nitrogens with two attached hydrogens (primary N) is 1. The third-order valence-electron chi connectivity index (χ3n) is 6.16. The average molecular weight is 463 g/mol. The molecule has 1 atom stereocenters. The summed E-state index contributed by atoms with van der Waals surface area (Å²) in [5.74, 6) is 1.45. The highest BCUT2D eigenvalue weighted by molar-refractivity contribution is 5.90. The Hall–Kier alpha value is -3.26. The van der Waals surface area contributed by atoms with E-state index in [1.807, 2.05) is 45.0 Å². The molecule has 1 aromatic carbocycles. The molecule has 1 fully saturated rings. The van der Waals surface area contributed by atoms with Gasteiger partial charge in [0, 0.05) is 30.2 Å². The van der Waals surface area contributed by atoms with Gasteiger partial charge in [-0.25, -0.2) is 19.7 Å². The lowest BCUT2D eigenvalue weighted by Crippen LogP contribution is -2.29. The minimum Gasteiger partial charge on any atom is -0.453 e. The summed E-state index contributed by atoms with van der Waals surface area (Å²) >= 11 is 0. The third kappa shape index (κ3) is 5.99. The predicted molar refractivity (Wildman–Crippen MR) is 135 cm³/mol. The molecule has 8 nitrogen and oxygen atoms in total. The molecule has 0 bridgehead atoms. The molecule has 2 heterocycles. The molecule has 2 aromatic heterocycles. The highest BCUT2D eigenvalue weighted by Gasteiger charge is 2.20. The Labute approximate surface area is 200 Å². The van der Waals surface area contributed by atoms with Crippen LogP contribution in [-0.2, 0) is 4.74 Å². The molecule has 34 heavy (non-hydrogen) atoms. The van der Waals surface area contributed by atoms with Crippen molar-refractivity contribution in [3.63, 3.8) is 0 Å². The average Bonchev–Trinajstić information content (AvgIpc) is 2.83. The van der Waals surface area contributed by atoms with Gasteiger partial charge >= 0.3 is 5.97 Å². The smallest absolute Gasteiger partial charge is 0.338 e. The minimum absolute atomic E-state index is 0.158. The number of hydrogen-bond donors (Lipinski definition) is 3. The van der Waals surface area contributed by atoms with Gasteiger partial charge in [0.2, 0.25) is 5.95 Å². The maximum absolute atomic E-state index is 12.5. The van der Waals surface area contributed by atoms with Crippen molar-refractivity contribution in [1.82, 2.24) is 15.0 Å². The van der Waals surface area contributed by atoms with Gasteiger partial charge in [0.05, 0.1) is 11.3 Å². The second kappa shape index (κ2) is 10.8. The van der Waals surface area contributed by atoms with Gasteiger partial charge in [-0.1, -0.05) is 18.2 Å². The van der Waals surface area contributed by atoms with Crippen molar-refractivity contribution in [2.24, 2.45) is 11.7 Å². The minimum atomic E-state index is -0.528. The maximum Gasteiger partial charge on any atom is 0.338 e. The highest BCUT2D eigenvalue weighted by Crippen LogP contribution is 2.28. The van der Waals surface area contributed by atoms with E-state index in [2.05, 4.69) is 15.6 Å². The fraction of sp³-hybridized carbons (Fsp3) is 0.462. The van der Waals surface area contributed by atoms with Crippen LogP contribution in [-0.4, -0.2) is 39.5 Å². The summed E-state index contributed by atoms with van der Waals surface area (Å²) in [5.41, 5.74) is 7.91. The quantitative estimate of drug-likeness (QED) is 0.413. The molecule has 1 aliphatic rings. The number of rotatable bonds is 8. The van der Waals surface area contributed by atoms with Crippen LogP contribution in [0, 0.1) is 5.92 Å². The van der Waals surface area contributed by atoms with Crippen molar-refractivity contribution in [2.45, 2.75) is 64.6 Å². The van der Waals surface area contributed by atoms with Crippen molar-refractivity contribution < 1.29 is 9.53 Å². The number of nitrogens with zero attached hydrogens (tertiary/aromatic N) is 3. The van der Waals surface area contributed by atoms with E-state index >= 15 is 0 Å². The van der Waals surface area contributed by atoms with Gasteiger partial charge < -0.3 is 21.1 Å². The van der Waals surface area contributed by atoms with Crippen molar-refractivity contribution in [1.29, 1.82) is 0 Å². The zero-order valence-electron chi connectivity index (χ0n) is 20.1. The molecular weight excluding hydrogens is 428 g/mol. The Morgan fingerprint density at radius 1 is 1.12 bits per heavy atom. The van der Waals surface area contributed by atoms with E-state index in [4.69, 9.17) is 20.4 Å². The predicted octanol–water partition coefficient (Wildman–Crippen LogP) is 4.69. The second-order valence-electron chi connectivity index (χ2n) is 9.40. The molecule has 0 amide bonds. The van der Waals surface area contributed by atoms with E-state index in [1.54, 1.807) is 18.3 Å². The number of carbonyl (C=O) groups excluding carboxylic acids is 1. The van der Waals surface area contributed by atoms with Crippen molar-refractivity contribution in [3.8, 4) is 0 Å². The second-order valence-corrected chi connectivity index (χ2v) is 9.40. The van der Waals surface area contributed by atoms with E-state index in [0.717, 1.165) is 43.1 Å². The lowest BCUT2D eigenvalue weighted by molar-refractivity contribution is 0.0330. The maximum atomic E-state index is 12.5. The van der Waals surface area contributed by atoms with E-state index in [9.17, 15) is 4.79 Å². The van der Waals surface area contributed by atoms with Crippen LogP contribution in [0.5, 0.6) is 0 Å². The molecule has 0 radical (unpaired) electrons. The zero-order valence-corrected chi connectivity index (χ0v) is 20.1. The molecule has 3 aromatic rings. The van der Waals surface area contributed by atoms with Gasteiger partial charge in [-0.15, -0.1) is 0 Å². The lowest BCUT2D eigenvalue weighted by atomic mass is 9.86. The van der Waals surface area contributed by atoms with Gasteiger partial charge in [-0.05, 0) is 70.6 Å². The first-order valence-corrected chi connectivity index (χ1v) is 12.1. The number of carbonyl (C=O) groups is 1. The Morgan fingerprint density at radius 2 is 1.85 bits per heavy atom. The third-order valence-corrected chi connectivity index (χ3v) is 6.16. The van der Waals surface area contributed by atoms with Crippen LogP contribution >= 0.6 is 0 Å². The largest absolute Gasteiger partial charge is 0.453 e. The number of pyridine rings is 1. The molecule has 1 saturated carbocycles. The number of anilines is 2. The van der Waals surface area contributed by atoms with Crippen LogP contribution < -0.4 is 16.4 Å². The van der Waals surface area contributed by atoms with Crippen LogP contribution in [0.2, 0.25) is 0 Å². The molecule has 180 valence electrons. The number of esters is 1. The van der Waals surface area contributed by atoms with Crippen molar-refractivity contribution in [3.05, 3.63) is 53.9 Å². The molecule has 1 aliphatic carbocycles. The van der Waals surface area contributed by atoms with Crippen LogP contribution in [0.4, 0.5) is 11.8 Å². The summed E-state index contributed by atoms with van der Waals surface area (Å²) in [4.78, 5) is 26.6. The van der Waals surface area contributed by atoms with Gasteiger partial charge in [0.1, 0.15) is 11.6 Å². The first kappa shape index (κ1) is 23.9. The Balaban J connectivity index is 1.53. The van der Waals surface area contributed by atoms with Gasteiger partial charge in [0.15, 0.2) is 5.82 Å². The number of hydrogen-bond acceptors (Lipinski definition) is 8. The molecule has 0 aliphatic heterocycles. The van der Waals surface area contributed by atoms with E-state index in [0.29, 0.717) is 35.0 Å². The summed E-state index contributed by atoms with van der Waals surface area (Å²) in [5, 5.41) is 7.62. The number of benzene rings is 1. The van der Waals surface area contributed by atoms with Crippen LogP contribution in [0.15, 0.2) is 42.6 Å². The van der Waals surface area contributed by atoms with Crippen molar-refractivity contribution >= 4 is 28.6 Å². The van der Waals surface area contributed by atoms with E-state index < -0.39 is 6.10 Å². The van der Waals surface area contributed by atoms with Crippen molar-refractivity contribution in [2.75, 3.05) is 17.2 Å². The Kier molecular flexibility index (Phi) is 7.57. The molecule has 4 rings (SSSR count). The van der Waals surface area contributed by atoms with Crippen LogP contribution in [0.25, 0.3) is 10.9 Å². The molecular formula is C26H34N6O2. The SMILES string of the molecule is CC(C)Nc1nc([C@@H](C)OC(=O)c2ccccc2)cc2cnc(NCC3CCC(N)CC3)nc12. The Morgan fingerprint density at radius 3 is 2.56 bits per heavy atom. The van der Waals surface area contributed by atoms with Gasteiger partial charge in [-0.3, -0.25) is 0 Å². The van der Waals surface area contributed by atoms with Crippen LogP contribution in [0.1, 0.15) is 68.6 Å². The van der Waals surface area contributed by atoms with E-state index in [1.165, 1.54) is 0 Å². The summed E-state index contributed by atoms with van der Waals surface area (Å²) < 4.78 is 5.68. The lowest BCUT2D eigenvalue weighted by Gasteiger charge is -2.26. The fourth-order valence-corrected chi connectivity index (χ4v) is 4.22. The van der Waals surface area contributed by atoms with Gasteiger partial charge in [-0.2, -0.15) is 0 Å². The standard InChI is InChI=1S/C26H34N6O2/c1-16(2)30-24-23-20(15-29-26(32-23)28-14-18-9-11-21(27)12-10-18)13-22(31-24)17(3)34-25(33)19-7-5-4-6-8-19/h4-8,13,15-18,21H,9-12,14,27H2,1-3H3,(H,30,31)(H,28,29,32)/t17-,18?,21?/m1/s1. The molecule has 4 N–H and O–H groups in total. The first-order valence-electron chi connectivity index (χ1n) is 12.1. The number of nitrogens with one attached hydrogen (secondary N) is 2. The molecule has 0 spiro atoms. The molecule has 0 unspecified atom stereocenters. The normalized spacial score (nSPS) is 19.1. The summed E-state index contributed by atoms with van der Waals surface area (Å²) in [6, 6.07) is 11.3. The van der Waals surface area contributed by atoms with Crippen LogP contribution in [0.3, 0.4) is 0 Å². The number of aromatic nitrogens is 3. The fourth-order valence-electron chi connectivity index (χ4n) is 4.22. The monoisotopic (exact) mass is 462 g/mol. The number of ether oxygens (including phenoxy) is 1. The molecule has 8 heteroatoms. The summed E-state index contributed by atoms with van der Waals surface area (Å²) in [6.45, 7) is 6.75. The number of fused-ring (bicyclic) bond motifs is 1. The zero-order chi connectivity index (χ0) is 24.1. The highest BCUT2D eigenvalue weighted by atomic mass is 16.5. The van der Waals surface area contributed by atoms with Gasteiger partial charge in [0.25, 0.3) is 0 Å². The van der Waals surface area contributed by atoms with E-state index in [-0.39, 0.29) is 12.0 Å². The summed E-state index contributed by atoms with van der Waals surface area (Å²) in [6.07, 6.45) is 5.68.